The zero-order valence-electron chi connectivity index (χ0n) is 12.7. The Kier molecular flexibility index (Phi) is 3.93. The summed E-state index contributed by atoms with van der Waals surface area (Å²) in [6.45, 7) is 10.1. The maximum atomic E-state index is 5.99. The van der Waals surface area contributed by atoms with Crippen molar-refractivity contribution in [3.05, 3.63) is 40.2 Å². The number of rotatable bonds is 3. The van der Waals surface area contributed by atoms with E-state index in [0.717, 1.165) is 23.3 Å². The van der Waals surface area contributed by atoms with Crippen LogP contribution in [0.2, 0.25) is 0 Å². The summed E-state index contributed by atoms with van der Waals surface area (Å²) in [4.78, 5) is 8.67. The van der Waals surface area contributed by atoms with E-state index in [2.05, 4.69) is 29.9 Å². The first-order valence-electron chi connectivity index (χ1n) is 6.81. The lowest BCUT2D eigenvalue weighted by molar-refractivity contribution is 0.451. The molecule has 0 aliphatic rings. The molecule has 0 amide bonds. The summed E-state index contributed by atoms with van der Waals surface area (Å²) in [7, 11) is 0. The molecule has 0 bridgehead atoms. The molecular weight excluding hydrogens is 250 g/mol. The average molecular weight is 271 g/mol. The molecule has 0 aliphatic heterocycles. The summed E-state index contributed by atoms with van der Waals surface area (Å²) in [6.07, 6.45) is 0.729. The molecule has 0 aliphatic carbocycles. The van der Waals surface area contributed by atoms with E-state index in [9.17, 15) is 0 Å². The highest BCUT2D eigenvalue weighted by Gasteiger charge is 2.12. The van der Waals surface area contributed by atoms with Crippen molar-refractivity contribution in [3.8, 4) is 11.6 Å². The Hall–Kier alpha value is -2.10. The number of aryl methyl sites for hydroxylation is 3. The van der Waals surface area contributed by atoms with Crippen molar-refractivity contribution in [1.82, 2.24) is 9.97 Å². The molecule has 106 valence electrons. The lowest BCUT2D eigenvalue weighted by atomic mass is 10.1. The number of nitrogens with zero attached hydrogens (tertiary/aromatic N) is 2. The van der Waals surface area contributed by atoms with Gasteiger partial charge in [0, 0.05) is 6.42 Å². The zero-order valence-corrected chi connectivity index (χ0v) is 12.7. The maximum Gasteiger partial charge on any atom is 0.227 e. The molecule has 0 saturated carbocycles. The molecule has 1 heterocycles. The van der Waals surface area contributed by atoms with Crippen molar-refractivity contribution in [2.45, 2.75) is 41.0 Å². The van der Waals surface area contributed by atoms with Crippen molar-refractivity contribution in [2.75, 3.05) is 5.73 Å². The summed E-state index contributed by atoms with van der Waals surface area (Å²) >= 11 is 0. The number of hydrogen-bond donors (Lipinski definition) is 1. The van der Waals surface area contributed by atoms with Crippen LogP contribution >= 0.6 is 0 Å². The molecule has 4 heteroatoms. The van der Waals surface area contributed by atoms with Crippen molar-refractivity contribution < 1.29 is 4.74 Å². The first-order valence-corrected chi connectivity index (χ1v) is 6.81. The van der Waals surface area contributed by atoms with Crippen LogP contribution in [0.25, 0.3) is 0 Å². The van der Waals surface area contributed by atoms with Crippen LogP contribution < -0.4 is 10.5 Å². The van der Waals surface area contributed by atoms with Gasteiger partial charge in [0.2, 0.25) is 5.88 Å². The Labute approximate surface area is 120 Å². The van der Waals surface area contributed by atoms with Crippen LogP contribution in [-0.2, 0) is 6.42 Å². The van der Waals surface area contributed by atoms with Crippen LogP contribution in [-0.4, -0.2) is 9.97 Å². The summed E-state index contributed by atoms with van der Waals surface area (Å²) in [5.74, 6) is 2.55. The number of nitrogen functional groups attached to an aromatic ring is 1. The number of ether oxygens (including phenoxy) is 1. The van der Waals surface area contributed by atoms with Gasteiger partial charge >= 0.3 is 0 Å². The highest BCUT2D eigenvalue weighted by Crippen LogP contribution is 2.30. The number of nitrogens with two attached hydrogens (primary N) is 1. The van der Waals surface area contributed by atoms with Gasteiger partial charge in [-0.15, -0.1) is 0 Å². The third kappa shape index (κ3) is 2.74. The minimum Gasteiger partial charge on any atom is -0.438 e. The Morgan fingerprint density at radius 3 is 2.40 bits per heavy atom. The van der Waals surface area contributed by atoms with Gasteiger partial charge in [-0.1, -0.05) is 13.0 Å². The Morgan fingerprint density at radius 2 is 1.75 bits per heavy atom. The van der Waals surface area contributed by atoms with Gasteiger partial charge in [0.05, 0.1) is 5.56 Å². The van der Waals surface area contributed by atoms with Crippen LogP contribution in [0.3, 0.4) is 0 Å². The Balaban J connectivity index is 2.47. The molecule has 0 unspecified atom stereocenters. The number of hydrogen-bond acceptors (Lipinski definition) is 4. The summed E-state index contributed by atoms with van der Waals surface area (Å²) in [5, 5.41) is 0. The lowest BCUT2D eigenvalue weighted by Gasteiger charge is -2.14. The highest BCUT2D eigenvalue weighted by atomic mass is 16.5. The normalized spacial score (nSPS) is 10.7. The summed E-state index contributed by atoms with van der Waals surface area (Å²) in [5.41, 5.74) is 10.2. The smallest absolute Gasteiger partial charge is 0.227 e. The van der Waals surface area contributed by atoms with Gasteiger partial charge in [0.15, 0.2) is 0 Å². The maximum absolute atomic E-state index is 5.99. The molecule has 2 rings (SSSR count). The van der Waals surface area contributed by atoms with Crippen molar-refractivity contribution in [1.29, 1.82) is 0 Å². The summed E-state index contributed by atoms with van der Waals surface area (Å²) < 4.78 is 5.99. The van der Waals surface area contributed by atoms with Gasteiger partial charge < -0.3 is 10.5 Å². The van der Waals surface area contributed by atoms with E-state index in [1.165, 1.54) is 11.1 Å². The predicted octanol–water partition coefficient (Wildman–Crippen LogP) is 3.65. The summed E-state index contributed by atoms with van der Waals surface area (Å²) in [6, 6.07) is 4.16. The van der Waals surface area contributed by atoms with Crippen LogP contribution in [0.4, 0.5) is 5.82 Å². The lowest BCUT2D eigenvalue weighted by Crippen LogP contribution is -2.05. The zero-order chi connectivity index (χ0) is 14.9. The number of benzene rings is 1. The fraction of sp³-hybridized carbons (Fsp3) is 0.375. The second-order valence-electron chi connectivity index (χ2n) is 5.12. The van der Waals surface area contributed by atoms with E-state index in [0.29, 0.717) is 17.5 Å². The minimum atomic E-state index is 0.480. The van der Waals surface area contributed by atoms with Gasteiger partial charge in [-0.05, 0) is 50.5 Å². The molecular formula is C16H21N3O. The molecule has 1 aromatic heterocycles. The molecule has 0 saturated heterocycles. The quantitative estimate of drug-likeness (QED) is 0.925. The third-order valence-electron chi connectivity index (χ3n) is 3.47. The van der Waals surface area contributed by atoms with Crippen molar-refractivity contribution >= 4 is 5.82 Å². The van der Waals surface area contributed by atoms with E-state index in [-0.39, 0.29) is 0 Å². The molecule has 1 aromatic carbocycles. The first kappa shape index (κ1) is 14.3. The minimum absolute atomic E-state index is 0.480. The molecule has 20 heavy (non-hydrogen) atoms. The standard InChI is InChI=1S/C16H21N3O/c1-6-14-18-15(17)12(5)16(19-14)20-13-8-9(2)7-10(3)11(13)4/h7-8H,6H2,1-5H3,(H2,17,18,19). The van der Waals surface area contributed by atoms with Gasteiger partial charge in [0.25, 0.3) is 0 Å². The Morgan fingerprint density at radius 1 is 1.05 bits per heavy atom. The monoisotopic (exact) mass is 271 g/mol. The SMILES string of the molecule is CCc1nc(N)c(C)c(Oc2cc(C)cc(C)c2C)n1. The molecule has 2 N–H and O–H groups in total. The van der Waals surface area contributed by atoms with Crippen LogP contribution in [0.1, 0.15) is 35.0 Å². The average Bonchev–Trinajstić information content (AvgIpc) is 2.40. The number of anilines is 1. The topological polar surface area (TPSA) is 61.0 Å². The largest absolute Gasteiger partial charge is 0.438 e. The van der Waals surface area contributed by atoms with E-state index in [1.807, 2.05) is 26.8 Å². The molecule has 0 atom stereocenters. The van der Waals surface area contributed by atoms with Crippen molar-refractivity contribution in [2.24, 2.45) is 0 Å². The van der Waals surface area contributed by atoms with E-state index in [1.54, 1.807) is 0 Å². The second kappa shape index (κ2) is 5.49. The van der Waals surface area contributed by atoms with Gasteiger partial charge in [-0.25, -0.2) is 4.98 Å². The molecule has 4 nitrogen and oxygen atoms in total. The van der Waals surface area contributed by atoms with Gasteiger partial charge in [-0.2, -0.15) is 4.98 Å². The molecule has 0 spiro atoms. The first-order chi connectivity index (χ1) is 9.42. The Bertz CT molecular complexity index is 651. The van der Waals surface area contributed by atoms with Gasteiger partial charge in [0.1, 0.15) is 17.4 Å². The van der Waals surface area contributed by atoms with Crippen LogP contribution in [0.15, 0.2) is 12.1 Å². The number of aromatic nitrogens is 2. The van der Waals surface area contributed by atoms with E-state index in [4.69, 9.17) is 10.5 Å². The van der Waals surface area contributed by atoms with Gasteiger partial charge in [-0.3, -0.25) is 0 Å². The third-order valence-corrected chi connectivity index (χ3v) is 3.47. The van der Waals surface area contributed by atoms with Crippen molar-refractivity contribution in [3.63, 3.8) is 0 Å². The second-order valence-corrected chi connectivity index (χ2v) is 5.12. The predicted molar refractivity (Wildman–Crippen MR) is 81.3 cm³/mol. The molecule has 0 radical (unpaired) electrons. The van der Waals surface area contributed by atoms with Crippen LogP contribution in [0, 0.1) is 27.7 Å². The fourth-order valence-electron chi connectivity index (χ4n) is 2.03. The molecule has 0 fully saturated rings. The van der Waals surface area contributed by atoms with Crippen LogP contribution in [0.5, 0.6) is 11.6 Å². The highest BCUT2D eigenvalue weighted by molar-refractivity contribution is 5.48. The molecule has 2 aromatic rings. The van der Waals surface area contributed by atoms with E-state index < -0.39 is 0 Å². The van der Waals surface area contributed by atoms with E-state index >= 15 is 0 Å². The fourth-order valence-corrected chi connectivity index (χ4v) is 2.03.